The number of rotatable bonds is 4. The molecule has 2 aromatic heterocycles. The summed E-state index contributed by atoms with van der Waals surface area (Å²) in [7, 11) is 4.09. The molecule has 0 fully saturated rings. The van der Waals surface area contributed by atoms with E-state index in [1.54, 1.807) is 11.3 Å². The summed E-state index contributed by atoms with van der Waals surface area (Å²) in [6.07, 6.45) is 0. The highest BCUT2D eigenvalue weighted by Gasteiger charge is 2.12. The second-order valence-corrected chi connectivity index (χ2v) is 7.76. The van der Waals surface area contributed by atoms with Gasteiger partial charge in [0.25, 0.3) is 0 Å². The Balaban J connectivity index is 2.13. The van der Waals surface area contributed by atoms with Crippen molar-refractivity contribution in [2.45, 2.75) is 0 Å². The maximum Gasteiger partial charge on any atom is 0.135 e. The number of benzene rings is 1. The number of nitrogens with zero attached hydrogens (tertiary/aromatic N) is 3. The van der Waals surface area contributed by atoms with Gasteiger partial charge >= 0.3 is 0 Å². The van der Waals surface area contributed by atoms with Gasteiger partial charge in [0, 0.05) is 28.6 Å². The quantitative estimate of drug-likeness (QED) is 0.747. The predicted octanol–water partition coefficient (Wildman–Crippen LogP) is 4.06. The second kappa shape index (κ2) is 6.21. The minimum absolute atomic E-state index is 0.634. The molecule has 22 heavy (non-hydrogen) atoms. The van der Waals surface area contributed by atoms with Crippen LogP contribution in [0.5, 0.6) is 0 Å². The maximum absolute atomic E-state index is 9.08. The number of halogens is 1. The highest BCUT2D eigenvalue weighted by molar-refractivity contribution is 9.11. The zero-order valence-corrected chi connectivity index (χ0v) is 14.8. The van der Waals surface area contributed by atoms with Gasteiger partial charge in [0.15, 0.2) is 0 Å². The average Bonchev–Trinajstić information content (AvgIpc) is 2.88. The van der Waals surface area contributed by atoms with Gasteiger partial charge in [0.1, 0.15) is 5.82 Å². The molecule has 0 radical (unpaired) electrons. The van der Waals surface area contributed by atoms with Crippen molar-refractivity contribution < 1.29 is 0 Å². The first-order valence-corrected chi connectivity index (χ1v) is 8.51. The Labute approximate surface area is 141 Å². The summed E-state index contributed by atoms with van der Waals surface area (Å²) < 4.78 is 2.27. The van der Waals surface area contributed by atoms with Crippen molar-refractivity contribution in [2.75, 3.05) is 32.5 Å². The lowest BCUT2D eigenvalue weighted by Gasteiger charge is -2.12. The van der Waals surface area contributed by atoms with E-state index in [0.717, 1.165) is 39.0 Å². The third-order valence-corrected chi connectivity index (χ3v) is 5.08. The van der Waals surface area contributed by atoms with E-state index in [-0.39, 0.29) is 0 Å². The van der Waals surface area contributed by atoms with Gasteiger partial charge in [-0.3, -0.25) is 0 Å². The minimum atomic E-state index is 0.634. The van der Waals surface area contributed by atoms with Crippen LogP contribution in [0.2, 0.25) is 0 Å². The summed E-state index contributed by atoms with van der Waals surface area (Å²) in [5.41, 5.74) is 1.49. The Kier molecular flexibility index (Phi) is 4.30. The highest BCUT2D eigenvalue weighted by atomic mass is 79.9. The van der Waals surface area contributed by atoms with Gasteiger partial charge in [-0.05, 0) is 48.2 Å². The lowest BCUT2D eigenvalue weighted by molar-refractivity contribution is 0.425. The van der Waals surface area contributed by atoms with Gasteiger partial charge in [-0.1, -0.05) is 6.07 Å². The molecular weight excluding hydrogens is 360 g/mol. The van der Waals surface area contributed by atoms with E-state index in [1.165, 1.54) is 4.70 Å². The fourth-order valence-electron chi connectivity index (χ4n) is 2.34. The molecule has 0 aliphatic rings. The van der Waals surface area contributed by atoms with Crippen LogP contribution in [0, 0.1) is 11.3 Å². The Morgan fingerprint density at radius 1 is 1.32 bits per heavy atom. The van der Waals surface area contributed by atoms with Gasteiger partial charge < -0.3 is 10.2 Å². The Morgan fingerprint density at radius 3 is 2.86 bits per heavy atom. The number of fused-ring (bicyclic) bond motifs is 3. The molecule has 1 aromatic carbocycles. The van der Waals surface area contributed by atoms with Gasteiger partial charge in [0.2, 0.25) is 0 Å². The van der Waals surface area contributed by atoms with E-state index in [4.69, 9.17) is 10.2 Å². The van der Waals surface area contributed by atoms with E-state index in [2.05, 4.69) is 38.3 Å². The van der Waals surface area contributed by atoms with Gasteiger partial charge in [-0.2, -0.15) is 5.26 Å². The SMILES string of the molecule is CN(C)CCNc1nc2cc(C#N)ccc2c2sc(Br)cc12. The van der Waals surface area contributed by atoms with Crippen LogP contribution in [0.3, 0.4) is 0 Å². The molecule has 1 N–H and O–H groups in total. The van der Waals surface area contributed by atoms with E-state index in [9.17, 15) is 0 Å². The summed E-state index contributed by atoms with van der Waals surface area (Å²) >= 11 is 5.26. The molecular formula is C16H15BrN4S. The van der Waals surface area contributed by atoms with Crippen molar-refractivity contribution in [3.05, 3.63) is 33.6 Å². The predicted molar refractivity (Wildman–Crippen MR) is 96.6 cm³/mol. The Morgan fingerprint density at radius 2 is 2.14 bits per heavy atom. The maximum atomic E-state index is 9.08. The molecule has 6 heteroatoms. The highest BCUT2D eigenvalue weighted by Crippen LogP contribution is 2.38. The molecule has 0 spiro atoms. The van der Waals surface area contributed by atoms with Gasteiger partial charge in [-0.25, -0.2) is 4.98 Å². The number of thiophene rings is 1. The number of pyridine rings is 1. The Hall–Kier alpha value is -1.68. The standard InChI is InChI=1S/C16H15BrN4S/c1-21(2)6-5-19-16-12-8-14(17)22-15(12)11-4-3-10(9-18)7-13(11)20-16/h3-4,7-8H,5-6H2,1-2H3,(H,19,20). The molecule has 0 bridgehead atoms. The molecule has 0 atom stereocenters. The van der Waals surface area contributed by atoms with E-state index < -0.39 is 0 Å². The van der Waals surface area contributed by atoms with Crippen molar-refractivity contribution in [1.82, 2.24) is 9.88 Å². The Bertz CT molecular complexity index is 879. The van der Waals surface area contributed by atoms with Crippen LogP contribution in [0.1, 0.15) is 5.56 Å². The topological polar surface area (TPSA) is 52.0 Å². The number of aromatic nitrogens is 1. The lowest BCUT2D eigenvalue weighted by atomic mass is 10.1. The number of hydrogen-bond donors (Lipinski definition) is 1. The molecule has 0 amide bonds. The zero-order chi connectivity index (χ0) is 15.7. The van der Waals surface area contributed by atoms with Gasteiger partial charge in [0.05, 0.1) is 20.9 Å². The van der Waals surface area contributed by atoms with Crippen molar-refractivity contribution in [3.8, 4) is 6.07 Å². The van der Waals surface area contributed by atoms with Crippen molar-refractivity contribution in [1.29, 1.82) is 5.26 Å². The lowest BCUT2D eigenvalue weighted by Crippen LogP contribution is -2.21. The normalized spacial score (nSPS) is 11.2. The first-order chi connectivity index (χ1) is 10.6. The third kappa shape index (κ3) is 2.93. The number of likely N-dealkylation sites (N-methyl/N-ethyl adjacent to an activating group) is 1. The van der Waals surface area contributed by atoms with E-state index >= 15 is 0 Å². The van der Waals surface area contributed by atoms with Crippen LogP contribution < -0.4 is 5.32 Å². The largest absolute Gasteiger partial charge is 0.368 e. The first kappa shape index (κ1) is 15.2. The molecule has 4 nitrogen and oxygen atoms in total. The minimum Gasteiger partial charge on any atom is -0.368 e. The third-order valence-electron chi connectivity index (χ3n) is 3.41. The van der Waals surface area contributed by atoms with E-state index in [1.807, 2.05) is 32.3 Å². The second-order valence-electron chi connectivity index (χ2n) is 5.33. The van der Waals surface area contributed by atoms with Crippen molar-refractivity contribution in [2.24, 2.45) is 0 Å². The average molecular weight is 375 g/mol. The van der Waals surface area contributed by atoms with Crippen LogP contribution >= 0.6 is 27.3 Å². The van der Waals surface area contributed by atoms with Crippen molar-refractivity contribution >= 4 is 54.1 Å². The first-order valence-electron chi connectivity index (χ1n) is 6.90. The zero-order valence-electron chi connectivity index (χ0n) is 12.4. The summed E-state index contributed by atoms with van der Waals surface area (Å²) in [6.45, 7) is 1.76. The molecule has 0 saturated carbocycles. The summed E-state index contributed by atoms with van der Waals surface area (Å²) in [4.78, 5) is 6.85. The van der Waals surface area contributed by atoms with Crippen LogP contribution in [0.15, 0.2) is 28.1 Å². The van der Waals surface area contributed by atoms with Crippen molar-refractivity contribution in [3.63, 3.8) is 0 Å². The van der Waals surface area contributed by atoms with Crippen LogP contribution in [-0.4, -0.2) is 37.1 Å². The van der Waals surface area contributed by atoms with Crippen LogP contribution in [0.4, 0.5) is 5.82 Å². The molecule has 0 aliphatic carbocycles. The van der Waals surface area contributed by atoms with Gasteiger partial charge in [-0.15, -0.1) is 11.3 Å². The molecule has 3 rings (SSSR count). The van der Waals surface area contributed by atoms with Crippen LogP contribution in [-0.2, 0) is 0 Å². The number of nitrogens with one attached hydrogen (secondary N) is 1. The number of hydrogen-bond acceptors (Lipinski definition) is 5. The summed E-state index contributed by atoms with van der Waals surface area (Å²) in [6, 6.07) is 9.95. The fourth-order valence-corrected chi connectivity index (χ4v) is 3.97. The molecule has 0 unspecified atom stereocenters. The van der Waals surface area contributed by atoms with E-state index in [0.29, 0.717) is 5.56 Å². The molecule has 2 heterocycles. The van der Waals surface area contributed by atoms with Crippen LogP contribution in [0.25, 0.3) is 21.0 Å². The smallest absolute Gasteiger partial charge is 0.135 e. The molecule has 0 aliphatic heterocycles. The number of nitriles is 1. The monoisotopic (exact) mass is 374 g/mol. The summed E-state index contributed by atoms with van der Waals surface area (Å²) in [5, 5.41) is 14.7. The molecule has 112 valence electrons. The summed E-state index contributed by atoms with van der Waals surface area (Å²) in [5.74, 6) is 0.876. The molecule has 0 saturated heterocycles. The number of anilines is 1. The molecule has 3 aromatic rings. The fraction of sp³-hybridized carbons (Fsp3) is 0.250.